The molecule has 0 spiro atoms. The van der Waals surface area contributed by atoms with Crippen molar-refractivity contribution in [3.05, 3.63) is 93.5 Å². The Morgan fingerprint density at radius 2 is 1.58 bits per heavy atom. The van der Waals surface area contributed by atoms with E-state index in [9.17, 15) is 4.79 Å². The van der Waals surface area contributed by atoms with E-state index in [1.807, 2.05) is 61.5 Å². The number of ketones is 1. The summed E-state index contributed by atoms with van der Waals surface area (Å²) in [5.74, 6) is -0.0765. The van der Waals surface area contributed by atoms with E-state index in [2.05, 4.69) is 5.32 Å². The number of carbonyl (C=O) groups excluding carboxylic acids is 1. The zero-order valence-corrected chi connectivity index (χ0v) is 14.5. The number of hydrogen-bond acceptors (Lipinski definition) is 2. The van der Waals surface area contributed by atoms with Gasteiger partial charge in [0.1, 0.15) is 0 Å². The molecule has 0 aliphatic rings. The minimum Gasteiger partial charge on any atom is -0.355 e. The summed E-state index contributed by atoms with van der Waals surface area (Å²) < 4.78 is 0. The van der Waals surface area contributed by atoms with Crippen molar-refractivity contribution in [3.63, 3.8) is 0 Å². The van der Waals surface area contributed by atoms with Crippen LogP contribution in [0, 0.1) is 6.92 Å². The highest BCUT2D eigenvalue weighted by Gasteiger charge is 2.15. The van der Waals surface area contributed by atoms with E-state index in [1.165, 1.54) is 0 Å². The summed E-state index contributed by atoms with van der Waals surface area (Å²) in [6, 6.07) is 20.2. The minimum atomic E-state index is -0.0765. The second-order valence-corrected chi connectivity index (χ2v) is 6.32. The molecular weight excluding hydrogens is 341 g/mol. The Hall–Kier alpha value is -2.29. The molecule has 0 aromatic heterocycles. The van der Waals surface area contributed by atoms with Crippen molar-refractivity contribution in [2.24, 2.45) is 0 Å². The largest absolute Gasteiger partial charge is 0.355 e. The Labute approximate surface area is 151 Å². The smallest absolute Gasteiger partial charge is 0.194 e. The maximum absolute atomic E-state index is 12.7. The number of hydrogen-bond donors (Lipinski definition) is 1. The first-order valence-electron chi connectivity index (χ1n) is 7.47. The van der Waals surface area contributed by atoms with Crippen LogP contribution in [0.25, 0.3) is 0 Å². The Balaban J connectivity index is 1.87. The van der Waals surface area contributed by atoms with Crippen LogP contribution in [0.15, 0.2) is 66.7 Å². The molecule has 0 unspecified atom stereocenters. The van der Waals surface area contributed by atoms with Crippen LogP contribution >= 0.6 is 23.2 Å². The van der Waals surface area contributed by atoms with Crippen molar-refractivity contribution in [1.29, 1.82) is 0 Å². The quantitative estimate of drug-likeness (QED) is 0.558. The van der Waals surface area contributed by atoms with Gasteiger partial charge in [0.15, 0.2) is 5.78 Å². The van der Waals surface area contributed by atoms with Crippen molar-refractivity contribution >= 4 is 40.4 Å². The van der Waals surface area contributed by atoms with E-state index in [1.54, 1.807) is 12.1 Å². The van der Waals surface area contributed by atoms with Gasteiger partial charge in [-0.2, -0.15) is 0 Å². The lowest BCUT2D eigenvalue weighted by molar-refractivity contribution is 0.103. The molecular formula is C20H15Cl2NO. The maximum Gasteiger partial charge on any atom is 0.194 e. The average molecular weight is 356 g/mol. The molecule has 120 valence electrons. The normalized spacial score (nSPS) is 10.5. The summed E-state index contributed by atoms with van der Waals surface area (Å²) in [7, 11) is 0. The lowest BCUT2D eigenvalue weighted by Crippen LogP contribution is -2.04. The monoisotopic (exact) mass is 355 g/mol. The molecule has 0 saturated heterocycles. The molecule has 0 bridgehead atoms. The zero-order valence-electron chi connectivity index (χ0n) is 13.0. The van der Waals surface area contributed by atoms with Crippen molar-refractivity contribution in [2.75, 3.05) is 5.32 Å². The van der Waals surface area contributed by atoms with Crippen LogP contribution in [0.3, 0.4) is 0 Å². The number of aryl methyl sites for hydroxylation is 1. The van der Waals surface area contributed by atoms with Crippen LogP contribution in [-0.2, 0) is 0 Å². The second-order valence-electron chi connectivity index (χ2n) is 5.47. The fraction of sp³-hybridized carbons (Fsp3) is 0.0500. The van der Waals surface area contributed by atoms with Crippen LogP contribution in [0.1, 0.15) is 21.5 Å². The van der Waals surface area contributed by atoms with E-state index >= 15 is 0 Å². The molecule has 0 aliphatic heterocycles. The third kappa shape index (κ3) is 3.61. The molecule has 0 radical (unpaired) electrons. The van der Waals surface area contributed by atoms with E-state index < -0.39 is 0 Å². The summed E-state index contributed by atoms with van der Waals surface area (Å²) in [5, 5.41) is 4.29. The standard InChI is InChI=1S/C20H15Cl2NO/c1-13-5-2-3-8-17(13)20(24)18-10-9-16(12-19(18)22)23-15-7-4-6-14(21)11-15/h2-12,23H,1H3. The molecule has 3 aromatic rings. The number of nitrogens with one attached hydrogen (secondary N) is 1. The van der Waals surface area contributed by atoms with Gasteiger partial charge < -0.3 is 5.32 Å². The van der Waals surface area contributed by atoms with E-state index in [4.69, 9.17) is 23.2 Å². The van der Waals surface area contributed by atoms with Crippen LogP contribution < -0.4 is 5.32 Å². The van der Waals surface area contributed by atoms with E-state index in [0.717, 1.165) is 16.9 Å². The SMILES string of the molecule is Cc1ccccc1C(=O)c1ccc(Nc2cccc(Cl)c2)cc1Cl. The van der Waals surface area contributed by atoms with Gasteiger partial charge in [0.25, 0.3) is 0 Å². The predicted molar refractivity (Wildman–Crippen MR) is 101 cm³/mol. The number of carbonyl (C=O) groups is 1. The minimum absolute atomic E-state index is 0.0765. The average Bonchev–Trinajstić information content (AvgIpc) is 2.55. The molecule has 3 rings (SSSR count). The van der Waals surface area contributed by atoms with Crippen molar-refractivity contribution in [2.45, 2.75) is 6.92 Å². The summed E-state index contributed by atoms with van der Waals surface area (Å²) in [6.07, 6.45) is 0. The molecule has 0 amide bonds. The molecule has 0 atom stereocenters. The summed E-state index contributed by atoms with van der Waals surface area (Å²) in [5.41, 5.74) is 3.73. The molecule has 3 aromatic carbocycles. The fourth-order valence-electron chi connectivity index (χ4n) is 2.48. The number of rotatable bonds is 4. The molecule has 0 fully saturated rings. The maximum atomic E-state index is 12.7. The first-order chi connectivity index (χ1) is 11.5. The molecule has 4 heteroatoms. The molecule has 0 heterocycles. The molecule has 0 saturated carbocycles. The van der Waals surface area contributed by atoms with Gasteiger partial charge in [0, 0.05) is 27.5 Å². The van der Waals surface area contributed by atoms with Gasteiger partial charge in [-0.1, -0.05) is 53.5 Å². The lowest BCUT2D eigenvalue weighted by atomic mass is 9.99. The fourth-order valence-corrected chi connectivity index (χ4v) is 2.94. The van der Waals surface area contributed by atoms with Gasteiger partial charge >= 0.3 is 0 Å². The third-order valence-electron chi connectivity index (χ3n) is 3.72. The highest BCUT2D eigenvalue weighted by Crippen LogP contribution is 2.27. The second kappa shape index (κ2) is 7.08. The Morgan fingerprint density at radius 1 is 0.833 bits per heavy atom. The first-order valence-corrected chi connectivity index (χ1v) is 8.22. The van der Waals surface area contributed by atoms with Crippen molar-refractivity contribution < 1.29 is 4.79 Å². The number of benzene rings is 3. The third-order valence-corrected chi connectivity index (χ3v) is 4.26. The van der Waals surface area contributed by atoms with Gasteiger partial charge in [-0.3, -0.25) is 4.79 Å². The summed E-state index contributed by atoms with van der Waals surface area (Å²) >= 11 is 12.3. The van der Waals surface area contributed by atoms with Crippen LogP contribution in [-0.4, -0.2) is 5.78 Å². The summed E-state index contributed by atoms with van der Waals surface area (Å²) in [4.78, 5) is 12.7. The first kappa shape index (κ1) is 16.6. The van der Waals surface area contributed by atoms with E-state index in [-0.39, 0.29) is 5.78 Å². The Bertz CT molecular complexity index is 906. The van der Waals surface area contributed by atoms with Crippen molar-refractivity contribution in [3.8, 4) is 0 Å². The highest BCUT2D eigenvalue weighted by atomic mass is 35.5. The lowest BCUT2D eigenvalue weighted by Gasteiger charge is -2.10. The summed E-state index contributed by atoms with van der Waals surface area (Å²) in [6.45, 7) is 1.91. The van der Waals surface area contributed by atoms with Gasteiger partial charge in [-0.15, -0.1) is 0 Å². The van der Waals surface area contributed by atoms with Crippen LogP contribution in [0.5, 0.6) is 0 Å². The highest BCUT2D eigenvalue weighted by molar-refractivity contribution is 6.35. The zero-order chi connectivity index (χ0) is 17.1. The Kier molecular flexibility index (Phi) is 4.89. The van der Waals surface area contributed by atoms with Gasteiger partial charge in [-0.05, 0) is 48.9 Å². The molecule has 0 aliphatic carbocycles. The van der Waals surface area contributed by atoms with Crippen LogP contribution in [0.4, 0.5) is 11.4 Å². The van der Waals surface area contributed by atoms with Gasteiger partial charge in [0.2, 0.25) is 0 Å². The topological polar surface area (TPSA) is 29.1 Å². The Morgan fingerprint density at radius 3 is 2.29 bits per heavy atom. The van der Waals surface area contributed by atoms with Crippen LogP contribution in [0.2, 0.25) is 10.0 Å². The van der Waals surface area contributed by atoms with Crippen molar-refractivity contribution in [1.82, 2.24) is 0 Å². The molecule has 2 nitrogen and oxygen atoms in total. The predicted octanol–water partition coefficient (Wildman–Crippen LogP) is 6.28. The van der Waals surface area contributed by atoms with Gasteiger partial charge in [-0.25, -0.2) is 0 Å². The van der Waals surface area contributed by atoms with Gasteiger partial charge in [0.05, 0.1) is 5.02 Å². The molecule has 1 N–H and O–H groups in total. The number of anilines is 2. The van der Waals surface area contributed by atoms with E-state index in [0.29, 0.717) is 21.2 Å². The molecule has 24 heavy (non-hydrogen) atoms. The number of halogens is 2.